The van der Waals surface area contributed by atoms with Gasteiger partial charge in [0.15, 0.2) is 0 Å². The number of rotatable bonds is 6. The third-order valence-corrected chi connectivity index (χ3v) is 8.70. The minimum Gasteiger partial charge on any atom is -0.393 e. The Morgan fingerprint density at radius 3 is 2.58 bits per heavy atom. The zero-order chi connectivity index (χ0) is 23.0. The Kier molecular flexibility index (Phi) is 7.57. The van der Waals surface area contributed by atoms with Crippen LogP contribution in [-0.4, -0.2) is 44.3 Å². The van der Waals surface area contributed by atoms with Crippen molar-refractivity contribution in [2.45, 2.75) is 109 Å². The average molecular weight is 433 g/mol. The van der Waals surface area contributed by atoms with Gasteiger partial charge in [-0.15, -0.1) is 0 Å². The Morgan fingerprint density at radius 2 is 1.90 bits per heavy atom. The highest BCUT2D eigenvalue weighted by atomic mass is 16.3. The van der Waals surface area contributed by atoms with E-state index in [4.69, 9.17) is 0 Å². The van der Waals surface area contributed by atoms with Gasteiger partial charge in [-0.2, -0.15) is 0 Å². The molecule has 3 aliphatic carbocycles. The zero-order valence-corrected chi connectivity index (χ0v) is 20.0. The van der Waals surface area contributed by atoms with E-state index in [9.17, 15) is 20.4 Å². The van der Waals surface area contributed by atoms with Crippen LogP contribution in [0, 0.1) is 23.2 Å². The van der Waals surface area contributed by atoms with E-state index in [2.05, 4.69) is 32.6 Å². The lowest BCUT2D eigenvalue weighted by Gasteiger charge is -2.44. The monoisotopic (exact) mass is 432 g/mol. The van der Waals surface area contributed by atoms with E-state index in [-0.39, 0.29) is 5.41 Å². The van der Waals surface area contributed by atoms with Gasteiger partial charge in [0, 0.05) is 6.42 Å². The Labute approximate surface area is 188 Å². The molecule has 3 rings (SSSR count). The minimum absolute atomic E-state index is 0.282. The number of aliphatic hydroxyl groups is 4. The smallest absolute Gasteiger partial charge is 0.0849 e. The third-order valence-electron chi connectivity index (χ3n) is 8.70. The van der Waals surface area contributed by atoms with Crippen LogP contribution in [0.1, 0.15) is 85.5 Å². The molecule has 0 bridgehead atoms. The van der Waals surface area contributed by atoms with Gasteiger partial charge in [0.1, 0.15) is 0 Å². The molecule has 0 amide bonds. The lowest BCUT2D eigenvalue weighted by Crippen LogP contribution is -2.38. The summed E-state index contributed by atoms with van der Waals surface area (Å²) in [7, 11) is 0. The molecule has 176 valence electrons. The van der Waals surface area contributed by atoms with E-state index in [0.717, 1.165) is 24.0 Å². The highest BCUT2D eigenvalue weighted by Crippen LogP contribution is 2.60. The van der Waals surface area contributed by atoms with Gasteiger partial charge < -0.3 is 20.4 Å². The van der Waals surface area contributed by atoms with Crippen molar-refractivity contribution in [1.82, 2.24) is 0 Å². The number of hydrogen-bond acceptors (Lipinski definition) is 4. The molecule has 3 fully saturated rings. The van der Waals surface area contributed by atoms with Crippen molar-refractivity contribution in [3.63, 3.8) is 0 Å². The molecule has 0 heterocycles. The first-order chi connectivity index (χ1) is 14.4. The summed E-state index contributed by atoms with van der Waals surface area (Å²) in [5.41, 5.74) is 2.48. The molecule has 4 nitrogen and oxygen atoms in total. The molecule has 7 atom stereocenters. The van der Waals surface area contributed by atoms with Gasteiger partial charge in [0.05, 0.1) is 23.9 Å². The normalized spacial score (nSPS) is 39.0. The Bertz CT molecular complexity index is 715. The molecule has 0 spiro atoms. The largest absolute Gasteiger partial charge is 0.393 e. The summed E-state index contributed by atoms with van der Waals surface area (Å²) >= 11 is 0. The van der Waals surface area contributed by atoms with Crippen molar-refractivity contribution in [2.75, 3.05) is 0 Å². The quantitative estimate of drug-likeness (QED) is 0.491. The number of aliphatic hydroxyl groups excluding tert-OH is 3. The highest BCUT2D eigenvalue weighted by Gasteiger charge is 2.50. The van der Waals surface area contributed by atoms with Gasteiger partial charge in [-0.3, -0.25) is 0 Å². The fourth-order valence-corrected chi connectivity index (χ4v) is 6.65. The molecular formula is C27H44O4. The summed E-state index contributed by atoms with van der Waals surface area (Å²) < 4.78 is 0. The molecule has 0 saturated heterocycles. The van der Waals surface area contributed by atoms with Crippen molar-refractivity contribution in [3.05, 3.63) is 35.5 Å². The molecule has 31 heavy (non-hydrogen) atoms. The van der Waals surface area contributed by atoms with Crippen molar-refractivity contribution in [3.8, 4) is 0 Å². The van der Waals surface area contributed by atoms with Gasteiger partial charge in [0.2, 0.25) is 0 Å². The maximum Gasteiger partial charge on any atom is 0.0849 e. The second-order valence-electron chi connectivity index (χ2n) is 11.4. The first-order valence-corrected chi connectivity index (χ1v) is 12.3. The van der Waals surface area contributed by atoms with Crippen LogP contribution in [0.3, 0.4) is 0 Å². The van der Waals surface area contributed by atoms with Crippen molar-refractivity contribution >= 4 is 0 Å². The number of hydrogen-bond donors (Lipinski definition) is 4. The number of fused-ring (bicyclic) bond motifs is 1. The molecule has 0 aliphatic heterocycles. The Morgan fingerprint density at radius 1 is 1.19 bits per heavy atom. The van der Waals surface area contributed by atoms with Gasteiger partial charge in [-0.05, 0) is 99.5 Å². The molecule has 0 radical (unpaired) electrons. The topological polar surface area (TPSA) is 80.9 Å². The summed E-state index contributed by atoms with van der Waals surface area (Å²) in [6, 6.07) is 0. The summed E-state index contributed by atoms with van der Waals surface area (Å²) in [5.74, 6) is 1.74. The maximum absolute atomic E-state index is 10.3. The minimum atomic E-state index is -1.04. The van der Waals surface area contributed by atoms with Crippen molar-refractivity contribution < 1.29 is 20.4 Å². The van der Waals surface area contributed by atoms with Gasteiger partial charge in [-0.1, -0.05) is 38.2 Å². The van der Waals surface area contributed by atoms with Crippen LogP contribution in [0.2, 0.25) is 0 Å². The van der Waals surface area contributed by atoms with Gasteiger partial charge >= 0.3 is 0 Å². The molecule has 4 N–H and O–H groups in total. The SMILES string of the molecule is C=C1/C(=C\C=C2/CCC[C@]3(C)[C@@H]2CC[C@H]3[C@@H](C)CC[C@@H](O)C(C)(C)O)C[C@H](O)C[C@H]1O. The van der Waals surface area contributed by atoms with Crippen molar-refractivity contribution in [2.24, 2.45) is 23.2 Å². The van der Waals surface area contributed by atoms with Gasteiger partial charge in [0.25, 0.3) is 0 Å². The van der Waals surface area contributed by atoms with E-state index in [1.165, 1.54) is 31.3 Å². The highest BCUT2D eigenvalue weighted by molar-refractivity contribution is 5.38. The molecule has 3 saturated carbocycles. The third kappa shape index (κ3) is 5.35. The molecule has 4 heteroatoms. The predicted molar refractivity (Wildman–Crippen MR) is 125 cm³/mol. The van der Waals surface area contributed by atoms with E-state index in [1.54, 1.807) is 13.8 Å². The second kappa shape index (κ2) is 9.51. The Balaban J connectivity index is 1.71. The fourth-order valence-electron chi connectivity index (χ4n) is 6.65. The molecule has 0 aromatic heterocycles. The van der Waals surface area contributed by atoms with Crippen LogP contribution in [0.25, 0.3) is 0 Å². The predicted octanol–water partition coefficient (Wildman–Crippen LogP) is 4.68. The van der Waals surface area contributed by atoms with Crippen molar-refractivity contribution in [1.29, 1.82) is 0 Å². The van der Waals surface area contributed by atoms with E-state index in [0.29, 0.717) is 37.0 Å². The summed E-state index contributed by atoms with van der Waals surface area (Å²) in [4.78, 5) is 0. The summed E-state index contributed by atoms with van der Waals surface area (Å²) in [6.45, 7) is 12.2. The van der Waals surface area contributed by atoms with Crippen LogP contribution in [0.5, 0.6) is 0 Å². The van der Waals surface area contributed by atoms with Crippen LogP contribution in [-0.2, 0) is 0 Å². The fraction of sp³-hybridized carbons (Fsp3) is 0.778. The van der Waals surface area contributed by atoms with Gasteiger partial charge in [-0.25, -0.2) is 0 Å². The lowest BCUT2D eigenvalue weighted by molar-refractivity contribution is -0.0554. The standard InChI is InChI=1S/C27H44O4/c1-17(8-13-25(30)26(3,4)31)22-11-12-23-19(7-6-14-27(22,23)5)9-10-20-15-21(28)16-24(29)18(20)2/h9-10,17,21-25,28-31H,2,6-8,11-16H2,1,3-5H3/b19-9+,20-10-/t17-,21-,22-,23+,24+,25+,27-/m0/s1. The molecular weight excluding hydrogens is 388 g/mol. The van der Waals surface area contributed by atoms with E-state index < -0.39 is 23.9 Å². The van der Waals surface area contributed by atoms with E-state index in [1.807, 2.05) is 0 Å². The zero-order valence-electron chi connectivity index (χ0n) is 20.0. The first kappa shape index (κ1) is 24.7. The lowest BCUT2D eigenvalue weighted by atomic mass is 9.60. The van der Waals surface area contributed by atoms with Crippen LogP contribution in [0.15, 0.2) is 35.5 Å². The summed E-state index contributed by atoms with van der Waals surface area (Å²) in [6.07, 6.45) is 11.1. The molecule has 0 unspecified atom stereocenters. The molecule has 3 aliphatic rings. The Hall–Kier alpha value is -0.940. The van der Waals surface area contributed by atoms with E-state index >= 15 is 0 Å². The first-order valence-electron chi connectivity index (χ1n) is 12.3. The molecule has 0 aromatic carbocycles. The van der Waals surface area contributed by atoms with Crippen LogP contribution in [0.4, 0.5) is 0 Å². The maximum atomic E-state index is 10.3. The van der Waals surface area contributed by atoms with Crippen LogP contribution >= 0.6 is 0 Å². The summed E-state index contributed by atoms with van der Waals surface area (Å²) in [5, 5.41) is 40.5. The average Bonchev–Trinajstić information content (AvgIpc) is 3.04. The molecule has 0 aromatic rings. The second-order valence-corrected chi connectivity index (χ2v) is 11.4. The van der Waals surface area contributed by atoms with Crippen LogP contribution < -0.4 is 0 Å². The number of allylic oxidation sites excluding steroid dienone is 3.